The molecule has 1 aromatic carbocycles. The van der Waals surface area contributed by atoms with Gasteiger partial charge in [-0.2, -0.15) is 13.2 Å². The number of aromatic carboxylic acids is 1. The second kappa shape index (κ2) is 5.84. The topological polar surface area (TPSA) is 59.3 Å². The van der Waals surface area contributed by atoms with E-state index in [0.717, 1.165) is 4.57 Å². The molecule has 8 heteroatoms. The highest BCUT2D eigenvalue weighted by atomic mass is 35.5. The normalized spacial score (nSPS) is 11.5. The van der Waals surface area contributed by atoms with E-state index in [1.807, 2.05) is 0 Å². The Bertz CT molecular complexity index is 766. The van der Waals surface area contributed by atoms with Crippen LogP contribution in [0.2, 0.25) is 5.02 Å². The molecule has 0 radical (unpaired) electrons. The molecule has 0 aliphatic heterocycles. The third-order valence-electron chi connectivity index (χ3n) is 2.92. The summed E-state index contributed by atoms with van der Waals surface area (Å²) in [5.74, 6) is -1.12. The van der Waals surface area contributed by atoms with Gasteiger partial charge in [0.25, 0.3) is 5.56 Å². The van der Waals surface area contributed by atoms with Crippen LogP contribution in [0.3, 0.4) is 0 Å². The number of carboxylic acids is 1. The summed E-state index contributed by atoms with van der Waals surface area (Å²) >= 11 is 5.55. The second-order valence-corrected chi connectivity index (χ2v) is 4.92. The number of carbonyl (C=O) groups is 1. The van der Waals surface area contributed by atoms with Crippen molar-refractivity contribution in [2.45, 2.75) is 12.7 Å². The summed E-state index contributed by atoms with van der Waals surface area (Å²) in [7, 11) is 0. The van der Waals surface area contributed by atoms with E-state index in [2.05, 4.69) is 0 Å². The van der Waals surface area contributed by atoms with Gasteiger partial charge in [-0.05, 0) is 23.8 Å². The van der Waals surface area contributed by atoms with Gasteiger partial charge in [-0.15, -0.1) is 0 Å². The monoisotopic (exact) mass is 331 g/mol. The van der Waals surface area contributed by atoms with Crippen molar-refractivity contribution >= 4 is 17.6 Å². The summed E-state index contributed by atoms with van der Waals surface area (Å²) in [6, 6.07) is 6.03. The first kappa shape index (κ1) is 16.1. The van der Waals surface area contributed by atoms with Gasteiger partial charge in [0.2, 0.25) is 0 Å². The van der Waals surface area contributed by atoms with Gasteiger partial charge < -0.3 is 9.67 Å². The highest BCUT2D eigenvalue weighted by molar-refractivity contribution is 6.30. The Labute approximate surface area is 127 Å². The van der Waals surface area contributed by atoms with Crippen LogP contribution in [0, 0.1) is 0 Å². The smallest absolute Gasteiger partial charge is 0.417 e. The maximum atomic E-state index is 12.7. The Hall–Kier alpha value is -2.28. The zero-order valence-electron chi connectivity index (χ0n) is 10.9. The number of pyridine rings is 1. The van der Waals surface area contributed by atoms with Crippen LogP contribution < -0.4 is 5.56 Å². The minimum Gasteiger partial charge on any atom is -0.478 e. The number of benzene rings is 1. The van der Waals surface area contributed by atoms with Gasteiger partial charge in [0.1, 0.15) is 5.02 Å². The van der Waals surface area contributed by atoms with Gasteiger partial charge in [-0.25, -0.2) is 4.79 Å². The van der Waals surface area contributed by atoms with Crippen LogP contribution in [0.5, 0.6) is 0 Å². The number of hydrogen-bond acceptors (Lipinski definition) is 2. The summed E-state index contributed by atoms with van der Waals surface area (Å²) in [6.45, 7) is -0.150. The molecule has 0 atom stereocenters. The molecular formula is C14H9ClF3NO3. The molecule has 4 nitrogen and oxygen atoms in total. The summed E-state index contributed by atoms with van der Waals surface area (Å²) in [6.07, 6.45) is -3.94. The zero-order valence-corrected chi connectivity index (χ0v) is 11.6. The zero-order chi connectivity index (χ0) is 16.5. The molecule has 0 aliphatic carbocycles. The van der Waals surface area contributed by atoms with Crippen LogP contribution in [0.4, 0.5) is 13.2 Å². The van der Waals surface area contributed by atoms with Crippen molar-refractivity contribution in [2.24, 2.45) is 0 Å². The molecule has 22 heavy (non-hydrogen) atoms. The molecule has 0 spiro atoms. The summed E-state index contributed by atoms with van der Waals surface area (Å²) in [4.78, 5) is 22.5. The molecule has 0 bridgehead atoms. The van der Waals surface area contributed by atoms with E-state index in [1.54, 1.807) is 0 Å². The Kier molecular flexibility index (Phi) is 4.27. The average Bonchev–Trinajstić information content (AvgIpc) is 2.43. The molecule has 0 saturated carbocycles. The largest absolute Gasteiger partial charge is 0.478 e. The van der Waals surface area contributed by atoms with Gasteiger partial charge in [0.05, 0.1) is 17.7 Å². The number of carboxylic acid groups (broad SMARTS) is 1. The maximum Gasteiger partial charge on any atom is 0.417 e. The van der Waals surface area contributed by atoms with Gasteiger partial charge in [-0.1, -0.05) is 23.7 Å². The number of aromatic nitrogens is 1. The minimum atomic E-state index is -4.62. The van der Waals surface area contributed by atoms with E-state index in [4.69, 9.17) is 16.7 Å². The van der Waals surface area contributed by atoms with E-state index in [0.29, 0.717) is 17.8 Å². The Morgan fingerprint density at radius 1 is 1.23 bits per heavy atom. The molecular weight excluding hydrogens is 323 g/mol. The fourth-order valence-electron chi connectivity index (χ4n) is 1.82. The first-order chi connectivity index (χ1) is 10.2. The van der Waals surface area contributed by atoms with Crippen LogP contribution in [0.1, 0.15) is 21.5 Å². The van der Waals surface area contributed by atoms with Crippen LogP contribution in [-0.2, 0) is 12.7 Å². The number of rotatable bonds is 3. The van der Waals surface area contributed by atoms with Gasteiger partial charge in [0.15, 0.2) is 0 Å². The van der Waals surface area contributed by atoms with E-state index >= 15 is 0 Å². The SMILES string of the molecule is O=C(O)c1ccc(Cn2cc(C(F)(F)F)cc(Cl)c2=O)cc1. The summed E-state index contributed by atoms with van der Waals surface area (Å²) < 4.78 is 39.0. The standard InChI is InChI=1S/C14H9ClF3NO3/c15-11-5-10(14(16,17)18)7-19(12(11)20)6-8-1-3-9(4-2-8)13(21)22/h1-5,7H,6H2,(H,21,22). The Morgan fingerprint density at radius 3 is 2.32 bits per heavy atom. The third kappa shape index (κ3) is 3.48. The molecule has 0 amide bonds. The Morgan fingerprint density at radius 2 is 1.82 bits per heavy atom. The fourth-order valence-corrected chi connectivity index (χ4v) is 2.05. The van der Waals surface area contributed by atoms with Crippen molar-refractivity contribution in [3.8, 4) is 0 Å². The van der Waals surface area contributed by atoms with Crippen LogP contribution in [0.15, 0.2) is 41.3 Å². The lowest BCUT2D eigenvalue weighted by atomic mass is 10.1. The molecule has 1 N–H and O–H groups in total. The number of hydrogen-bond donors (Lipinski definition) is 1. The lowest BCUT2D eigenvalue weighted by molar-refractivity contribution is -0.138. The molecule has 0 fully saturated rings. The highest BCUT2D eigenvalue weighted by Gasteiger charge is 2.32. The molecule has 116 valence electrons. The highest BCUT2D eigenvalue weighted by Crippen LogP contribution is 2.29. The van der Waals surface area contributed by atoms with E-state index in [1.165, 1.54) is 24.3 Å². The van der Waals surface area contributed by atoms with Gasteiger partial charge in [-0.3, -0.25) is 4.79 Å². The lowest BCUT2D eigenvalue weighted by Crippen LogP contribution is -2.23. The van der Waals surface area contributed by atoms with E-state index < -0.39 is 28.3 Å². The predicted molar refractivity (Wildman–Crippen MR) is 73.2 cm³/mol. The maximum absolute atomic E-state index is 12.7. The summed E-state index contributed by atoms with van der Waals surface area (Å²) in [5, 5.41) is 8.24. The molecule has 2 aromatic rings. The van der Waals surface area contributed by atoms with Crippen molar-refractivity contribution in [3.05, 3.63) is 68.6 Å². The van der Waals surface area contributed by atoms with E-state index in [9.17, 15) is 22.8 Å². The second-order valence-electron chi connectivity index (χ2n) is 4.51. The van der Waals surface area contributed by atoms with Crippen molar-refractivity contribution in [2.75, 3.05) is 0 Å². The molecule has 0 unspecified atom stereocenters. The van der Waals surface area contributed by atoms with Crippen molar-refractivity contribution in [1.82, 2.24) is 4.57 Å². The number of nitrogens with zero attached hydrogens (tertiary/aromatic N) is 1. The number of halogens is 4. The lowest BCUT2D eigenvalue weighted by Gasteiger charge is -2.12. The van der Waals surface area contributed by atoms with Crippen molar-refractivity contribution in [1.29, 1.82) is 0 Å². The average molecular weight is 332 g/mol. The van der Waals surface area contributed by atoms with Gasteiger partial charge in [0, 0.05) is 6.20 Å². The predicted octanol–water partition coefficient (Wildman–Crippen LogP) is 3.27. The molecule has 2 rings (SSSR count). The number of alkyl halides is 3. The molecule has 1 heterocycles. The third-order valence-corrected chi connectivity index (χ3v) is 3.19. The first-order valence-electron chi connectivity index (χ1n) is 5.98. The molecule has 1 aromatic heterocycles. The summed E-state index contributed by atoms with van der Waals surface area (Å²) in [5.41, 5.74) is -1.27. The quantitative estimate of drug-likeness (QED) is 0.939. The van der Waals surface area contributed by atoms with Crippen molar-refractivity contribution < 1.29 is 23.1 Å². The fraction of sp³-hybridized carbons (Fsp3) is 0.143. The van der Waals surface area contributed by atoms with Crippen LogP contribution in [0.25, 0.3) is 0 Å². The van der Waals surface area contributed by atoms with E-state index in [-0.39, 0.29) is 12.1 Å². The first-order valence-corrected chi connectivity index (χ1v) is 6.35. The molecule has 0 aliphatic rings. The van der Waals surface area contributed by atoms with Crippen LogP contribution >= 0.6 is 11.6 Å². The van der Waals surface area contributed by atoms with Crippen LogP contribution in [-0.4, -0.2) is 15.6 Å². The minimum absolute atomic E-state index is 0.0400. The Balaban J connectivity index is 2.38. The van der Waals surface area contributed by atoms with Gasteiger partial charge >= 0.3 is 12.1 Å². The molecule has 0 saturated heterocycles. The van der Waals surface area contributed by atoms with Crippen molar-refractivity contribution in [3.63, 3.8) is 0 Å².